The monoisotopic (exact) mass is 1080 g/mol. The summed E-state index contributed by atoms with van der Waals surface area (Å²) in [6, 6.07) is 23.9. The number of anilines is 2. The Morgan fingerprint density at radius 1 is 0.778 bits per heavy atom. The predicted octanol–water partition coefficient (Wildman–Crippen LogP) is 11.2. The summed E-state index contributed by atoms with van der Waals surface area (Å²) in [6.07, 6.45) is 0. The summed E-state index contributed by atoms with van der Waals surface area (Å²) < 4.78 is 12.8. The van der Waals surface area contributed by atoms with Crippen LogP contribution in [-0.4, -0.2) is 122 Å². The highest BCUT2D eigenvalue weighted by Crippen LogP contribution is 2.34. The number of benzene rings is 2. The van der Waals surface area contributed by atoms with Gasteiger partial charge in [0.1, 0.15) is 41.4 Å². The maximum absolute atomic E-state index is 13.2. The van der Waals surface area contributed by atoms with Gasteiger partial charge in [-0.1, -0.05) is 72.5 Å². The van der Waals surface area contributed by atoms with E-state index in [-0.39, 0.29) is 49.6 Å². The van der Waals surface area contributed by atoms with Gasteiger partial charge in [0.25, 0.3) is 5.82 Å². The average Bonchev–Trinajstić information content (AvgIpc) is 3.86. The number of aryl methyl sites for hydroxylation is 1. The van der Waals surface area contributed by atoms with Crippen molar-refractivity contribution in [2.45, 2.75) is 67.6 Å². The average molecular weight is 1080 g/mol. The van der Waals surface area contributed by atoms with E-state index in [9.17, 15) is 9.59 Å². The van der Waals surface area contributed by atoms with Gasteiger partial charge >= 0.3 is 0 Å². The molecule has 0 aliphatic carbocycles. The molecule has 72 heavy (non-hydrogen) atoms. The molecule has 6 aromatic rings. The standard InChI is InChI=1S/C25H26Cl2N6O2.C15H20Cl2N2O2.C10H7ClN4.CH4/c1-5-35-21-13-18(9-10-19(21)26)31-11-12-32(16(2)14-31)23(34)15-33-17(3)24(27)25(30-33)20-7-6-8-22(28-4)29-20;1-3-21-14-8-12(4-5-13(14)17)18-6-7-19(11(2)10-18)15(20)9-16;1-6-9(11)10(15-14-6)8-4-2-3-7(5-12)13-8;/h6-10,13,16H,5,11-12,14-15H2,1-3H3;4-5,8,11H,3,6-7,9-10H2,1-2H3;2-4H,1H3,(H,14,15);1H4/t16-;11-;;/m00../s1. The first-order chi connectivity index (χ1) is 34.1. The number of alkyl halides is 1. The summed E-state index contributed by atoms with van der Waals surface area (Å²) in [4.78, 5) is 44.9. The third-order valence-electron chi connectivity index (χ3n) is 11.7. The number of piperazine rings is 2. The molecule has 0 saturated carbocycles. The molecule has 6 heterocycles. The molecule has 1 N–H and O–H groups in total. The number of aromatic nitrogens is 6. The fraction of sp³-hybridized carbons (Fsp3) is 0.373. The first-order valence-electron chi connectivity index (χ1n) is 22.8. The van der Waals surface area contributed by atoms with Gasteiger partial charge in [-0.15, -0.1) is 16.6 Å². The van der Waals surface area contributed by atoms with Crippen molar-refractivity contribution in [3.8, 4) is 40.3 Å². The van der Waals surface area contributed by atoms with Crippen molar-refractivity contribution >= 4 is 87.0 Å². The molecule has 380 valence electrons. The van der Waals surface area contributed by atoms with Crippen LogP contribution in [0.15, 0.2) is 72.8 Å². The molecule has 4 aromatic heterocycles. The molecule has 8 rings (SSSR count). The topological polar surface area (TPSA) is 166 Å². The molecule has 2 aliphatic heterocycles. The number of hydrogen-bond donors (Lipinski definition) is 1. The molecule has 2 saturated heterocycles. The molecule has 0 spiro atoms. The SMILES string of the molecule is C.CCOc1cc(N2CCN(C(=O)CCl)[C@@H](C)C2)ccc1Cl.Cc1[nH]nc(-c2cccc(C#N)n2)c1Cl.[C-]#[N+]c1cccc(-c2nn(CC(=O)N3CCN(c4ccc(Cl)c(OCC)c4)C[C@@H]3C)c(C)c2Cl)n1. The van der Waals surface area contributed by atoms with Gasteiger partial charge in [0, 0.05) is 74.9 Å². The van der Waals surface area contributed by atoms with Crippen molar-refractivity contribution < 1.29 is 19.1 Å². The van der Waals surface area contributed by atoms with Crippen LogP contribution in [0.1, 0.15) is 52.2 Å². The van der Waals surface area contributed by atoms with Crippen molar-refractivity contribution in [3.63, 3.8) is 0 Å². The number of pyridine rings is 2. The lowest BCUT2D eigenvalue weighted by Crippen LogP contribution is -2.54. The van der Waals surface area contributed by atoms with E-state index in [1.807, 2.05) is 93.8 Å². The van der Waals surface area contributed by atoms with Gasteiger partial charge in [0.05, 0.1) is 50.4 Å². The third kappa shape index (κ3) is 13.8. The molecule has 16 nitrogen and oxygen atoms in total. The Bertz CT molecular complexity index is 2920. The van der Waals surface area contributed by atoms with Crippen molar-refractivity contribution in [1.82, 2.24) is 39.7 Å². The van der Waals surface area contributed by atoms with E-state index in [0.717, 1.165) is 30.2 Å². The minimum Gasteiger partial charge on any atom is -0.492 e. The number of nitrogens with zero attached hydrogens (tertiary/aromatic N) is 11. The Kier molecular flexibility index (Phi) is 20.8. The highest BCUT2D eigenvalue weighted by molar-refractivity contribution is 6.34. The Morgan fingerprint density at radius 3 is 1.81 bits per heavy atom. The fourth-order valence-corrected chi connectivity index (χ4v) is 8.92. The molecule has 2 aliphatic rings. The molecule has 0 radical (unpaired) electrons. The van der Waals surface area contributed by atoms with Crippen LogP contribution in [0, 0.1) is 31.8 Å². The van der Waals surface area contributed by atoms with E-state index in [1.54, 1.807) is 41.1 Å². The van der Waals surface area contributed by atoms with E-state index >= 15 is 0 Å². The largest absolute Gasteiger partial charge is 0.492 e. The maximum Gasteiger partial charge on any atom is 0.270 e. The molecule has 2 fully saturated rings. The summed E-state index contributed by atoms with van der Waals surface area (Å²) in [5.74, 6) is 1.64. The zero-order chi connectivity index (χ0) is 51.4. The van der Waals surface area contributed by atoms with Crippen LogP contribution in [0.2, 0.25) is 20.1 Å². The van der Waals surface area contributed by atoms with Crippen molar-refractivity contribution in [3.05, 3.63) is 121 Å². The normalized spacial score (nSPS) is 15.2. The Balaban J connectivity index is 0.000000220. The highest BCUT2D eigenvalue weighted by atomic mass is 35.5. The second kappa shape index (κ2) is 26.4. The Morgan fingerprint density at radius 2 is 1.32 bits per heavy atom. The number of H-pyrrole nitrogens is 1. The number of nitrogens with one attached hydrogen (secondary N) is 1. The van der Waals surface area contributed by atoms with Crippen LogP contribution in [0.4, 0.5) is 17.2 Å². The van der Waals surface area contributed by atoms with E-state index in [1.165, 1.54) is 0 Å². The smallest absolute Gasteiger partial charge is 0.270 e. The molecule has 0 bridgehead atoms. The molecule has 2 aromatic carbocycles. The van der Waals surface area contributed by atoms with Crippen LogP contribution >= 0.6 is 58.0 Å². The fourth-order valence-electron chi connectivity index (χ4n) is 8.00. The minimum absolute atomic E-state index is 0. The Hall–Kier alpha value is -6.27. The second-order valence-electron chi connectivity index (χ2n) is 16.4. The van der Waals surface area contributed by atoms with Gasteiger partial charge in [-0.3, -0.25) is 19.4 Å². The molecule has 21 heteroatoms. The lowest BCUT2D eigenvalue weighted by Gasteiger charge is -2.41. The highest BCUT2D eigenvalue weighted by Gasteiger charge is 2.30. The zero-order valence-electron chi connectivity index (χ0n) is 40.1. The quantitative estimate of drug-likeness (QED) is 0.0969. The van der Waals surface area contributed by atoms with Gasteiger partial charge < -0.3 is 33.9 Å². The van der Waals surface area contributed by atoms with Crippen molar-refractivity contribution in [1.29, 1.82) is 5.26 Å². The number of ether oxygens (including phenoxy) is 2. The van der Waals surface area contributed by atoms with Gasteiger partial charge in [-0.05, 0) is 90.1 Å². The summed E-state index contributed by atoms with van der Waals surface area (Å²) in [7, 11) is 0. The number of aromatic amines is 1. The number of halogens is 5. The first kappa shape index (κ1) is 56.6. The number of hydrogen-bond acceptors (Lipinski definition) is 11. The van der Waals surface area contributed by atoms with E-state index in [2.05, 4.69) is 39.9 Å². The summed E-state index contributed by atoms with van der Waals surface area (Å²) in [5.41, 5.74) is 6.05. The first-order valence-corrected chi connectivity index (χ1v) is 24.8. The number of carbonyl (C=O) groups excluding carboxylic acids is 2. The van der Waals surface area contributed by atoms with Gasteiger partial charge in [0.15, 0.2) is 11.4 Å². The van der Waals surface area contributed by atoms with Crippen LogP contribution < -0.4 is 19.3 Å². The van der Waals surface area contributed by atoms with Gasteiger partial charge in [-0.2, -0.15) is 15.5 Å². The molecular weight excluding hydrogens is 1020 g/mol. The number of rotatable bonds is 11. The van der Waals surface area contributed by atoms with Crippen molar-refractivity contribution in [2.75, 3.05) is 68.2 Å². The number of nitriles is 1. The predicted molar refractivity (Wildman–Crippen MR) is 287 cm³/mol. The number of carbonyl (C=O) groups is 2. The van der Waals surface area contributed by atoms with Gasteiger partial charge in [-0.25, -0.2) is 4.98 Å². The van der Waals surface area contributed by atoms with E-state index in [4.69, 9.17) is 79.3 Å². The third-order valence-corrected chi connectivity index (χ3v) is 13.4. The van der Waals surface area contributed by atoms with Crippen LogP contribution in [0.3, 0.4) is 0 Å². The summed E-state index contributed by atoms with van der Waals surface area (Å²) >= 11 is 30.5. The lowest BCUT2D eigenvalue weighted by atomic mass is 10.1. The lowest BCUT2D eigenvalue weighted by molar-refractivity contribution is -0.134. The molecule has 0 unspecified atom stereocenters. The maximum atomic E-state index is 13.2. The second-order valence-corrected chi connectivity index (χ2v) is 18.3. The van der Waals surface area contributed by atoms with Crippen molar-refractivity contribution in [2.24, 2.45) is 0 Å². The molecular formula is C51H57Cl5N12O4. The zero-order valence-corrected chi connectivity index (χ0v) is 43.9. The number of amides is 2. The Labute approximate surface area is 446 Å². The minimum atomic E-state index is -0.0278. The molecule has 2 atom stereocenters. The van der Waals surface area contributed by atoms with Gasteiger partial charge in [0.2, 0.25) is 11.8 Å². The van der Waals surface area contributed by atoms with Crippen LogP contribution in [0.5, 0.6) is 11.5 Å². The van der Waals surface area contributed by atoms with Crippen LogP contribution in [-0.2, 0) is 16.1 Å². The summed E-state index contributed by atoms with van der Waals surface area (Å²) in [5, 5.41) is 22.2. The molecule has 2 amide bonds. The van der Waals surface area contributed by atoms with E-state index in [0.29, 0.717) is 105 Å². The summed E-state index contributed by atoms with van der Waals surface area (Å²) in [6.45, 7) is 24.2. The van der Waals surface area contributed by atoms with Crippen LogP contribution in [0.25, 0.3) is 27.6 Å². The van der Waals surface area contributed by atoms with E-state index < -0.39 is 0 Å².